The van der Waals surface area contributed by atoms with Gasteiger partial charge in [0.2, 0.25) is 0 Å². The maximum absolute atomic E-state index is 12.8. The number of amides is 2. The summed E-state index contributed by atoms with van der Waals surface area (Å²) in [6.07, 6.45) is 1.76. The summed E-state index contributed by atoms with van der Waals surface area (Å²) in [4.78, 5) is 28.3. The molecule has 0 bridgehead atoms. The van der Waals surface area contributed by atoms with Crippen molar-refractivity contribution in [3.8, 4) is 0 Å². The number of nitrogens with two attached hydrogens (primary N) is 1. The minimum atomic E-state index is -3.42. The van der Waals surface area contributed by atoms with Crippen molar-refractivity contribution in [3.63, 3.8) is 0 Å². The normalized spacial score (nSPS) is 14.4. The third-order valence-corrected chi connectivity index (χ3v) is 7.85. The van der Waals surface area contributed by atoms with Crippen LogP contribution in [0.3, 0.4) is 0 Å². The smallest absolute Gasteiger partial charge is 0.256 e. The Labute approximate surface area is 174 Å². The molecule has 0 aliphatic carbocycles. The van der Waals surface area contributed by atoms with E-state index in [0.717, 1.165) is 36.5 Å². The van der Waals surface area contributed by atoms with E-state index < -0.39 is 21.7 Å². The first kappa shape index (κ1) is 21.5. The first-order valence-electron chi connectivity index (χ1n) is 9.57. The van der Waals surface area contributed by atoms with E-state index in [2.05, 4.69) is 17.1 Å². The number of primary amides is 1. The molecule has 2 heterocycles. The number of thiophene rings is 1. The average molecular weight is 436 g/mol. The zero-order valence-corrected chi connectivity index (χ0v) is 18.2. The summed E-state index contributed by atoms with van der Waals surface area (Å²) >= 11 is 1.36. The van der Waals surface area contributed by atoms with Gasteiger partial charge in [0, 0.05) is 23.5 Å². The Kier molecular flexibility index (Phi) is 6.40. The van der Waals surface area contributed by atoms with Gasteiger partial charge < -0.3 is 11.1 Å². The fourth-order valence-electron chi connectivity index (χ4n) is 3.48. The zero-order valence-electron chi connectivity index (χ0n) is 16.5. The predicted molar refractivity (Wildman–Crippen MR) is 114 cm³/mol. The third-order valence-electron chi connectivity index (χ3n) is 4.98. The molecule has 1 aliphatic rings. The number of benzene rings is 1. The van der Waals surface area contributed by atoms with Crippen LogP contribution in [0, 0.1) is 0 Å². The maximum atomic E-state index is 12.8. The number of carbonyl (C=O) groups excluding carboxylic acids is 2. The van der Waals surface area contributed by atoms with Gasteiger partial charge in [0.25, 0.3) is 11.8 Å². The number of carbonyl (C=O) groups is 2. The summed E-state index contributed by atoms with van der Waals surface area (Å²) in [7, 11) is -3.42. The summed E-state index contributed by atoms with van der Waals surface area (Å²) < 4.78 is 24.2. The van der Waals surface area contributed by atoms with Crippen LogP contribution < -0.4 is 11.1 Å². The van der Waals surface area contributed by atoms with Crippen LogP contribution in [0.15, 0.2) is 29.2 Å². The molecule has 0 radical (unpaired) electrons. The van der Waals surface area contributed by atoms with Crippen LogP contribution in [0.4, 0.5) is 5.00 Å². The quantitative estimate of drug-likeness (QED) is 0.695. The van der Waals surface area contributed by atoms with Crippen LogP contribution in [-0.2, 0) is 22.8 Å². The van der Waals surface area contributed by atoms with Gasteiger partial charge in [-0.25, -0.2) is 8.42 Å². The lowest BCUT2D eigenvalue weighted by atomic mass is 10.0. The van der Waals surface area contributed by atoms with Gasteiger partial charge in [0.1, 0.15) is 5.00 Å². The lowest BCUT2D eigenvalue weighted by molar-refractivity contribution is 0.1000. The monoisotopic (exact) mass is 435 g/mol. The second-order valence-corrected chi connectivity index (χ2v) is 10.4. The Balaban J connectivity index is 1.90. The number of nitrogens with one attached hydrogen (secondary N) is 1. The maximum Gasteiger partial charge on any atom is 0.256 e. The highest BCUT2D eigenvalue weighted by atomic mass is 32.2. The molecule has 29 heavy (non-hydrogen) atoms. The van der Waals surface area contributed by atoms with E-state index in [-0.39, 0.29) is 16.2 Å². The Morgan fingerprint density at radius 1 is 1.28 bits per heavy atom. The third kappa shape index (κ3) is 4.52. The summed E-state index contributed by atoms with van der Waals surface area (Å²) in [6, 6.07) is 5.91. The molecule has 1 aliphatic heterocycles. The highest BCUT2D eigenvalue weighted by molar-refractivity contribution is 7.91. The Bertz CT molecular complexity index is 1040. The first-order chi connectivity index (χ1) is 13.8. The summed E-state index contributed by atoms with van der Waals surface area (Å²) in [5, 5.41) is 3.20. The van der Waals surface area contributed by atoms with Gasteiger partial charge in [-0.2, -0.15) is 0 Å². The lowest BCUT2D eigenvalue weighted by Gasteiger charge is -2.26. The Morgan fingerprint density at radius 3 is 2.69 bits per heavy atom. The Hall–Kier alpha value is -2.23. The van der Waals surface area contributed by atoms with Crippen LogP contribution in [0.1, 0.15) is 51.4 Å². The molecule has 9 heteroatoms. The van der Waals surface area contributed by atoms with Crippen LogP contribution in [-0.4, -0.2) is 44.0 Å². The zero-order chi connectivity index (χ0) is 21.2. The molecule has 2 amide bonds. The van der Waals surface area contributed by atoms with Gasteiger partial charge in [0.05, 0.1) is 16.2 Å². The molecular weight excluding hydrogens is 410 g/mol. The number of sulfone groups is 1. The van der Waals surface area contributed by atoms with Crippen molar-refractivity contribution in [1.82, 2.24) is 4.90 Å². The van der Waals surface area contributed by atoms with E-state index in [1.165, 1.54) is 29.5 Å². The molecule has 0 spiro atoms. The minimum absolute atomic E-state index is 0.0458. The van der Waals surface area contributed by atoms with Gasteiger partial charge in [-0.15, -0.1) is 11.3 Å². The molecule has 1 aromatic carbocycles. The van der Waals surface area contributed by atoms with Crippen molar-refractivity contribution in [2.75, 3.05) is 24.2 Å². The number of nitrogens with zero attached hydrogens (tertiary/aromatic N) is 1. The molecule has 7 nitrogen and oxygen atoms in total. The fraction of sp³-hybridized carbons (Fsp3) is 0.400. The van der Waals surface area contributed by atoms with Gasteiger partial charge in [-0.1, -0.05) is 19.9 Å². The molecule has 2 aromatic rings. The predicted octanol–water partition coefficient (Wildman–Crippen LogP) is 2.66. The van der Waals surface area contributed by atoms with Crippen LogP contribution in [0.5, 0.6) is 0 Å². The van der Waals surface area contributed by atoms with E-state index in [0.29, 0.717) is 17.0 Å². The minimum Gasteiger partial charge on any atom is -0.365 e. The van der Waals surface area contributed by atoms with Crippen LogP contribution in [0.25, 0.3) is 0 Å². The van der Waals surface area contributed by atoms with Crippen molar-refractivity contribution in [3.05, 3.63) is 45.8 Å². The molecule has 0 saturated carbocycles. The fourth-order valence-corrected chi connectivity index (χ4v) is 5.70. The number of hydrogen-bond acceptors (Lipinski definition) is 6. The van der Waals surface area contributed by atoms with Crippen molar-refractivity contribution >= 4 is 38.0 Å². The number of rotatable bonds is 7. The first-order valence-corrected chi connectivity index (χ1v) is 12.0. The van der Waals surface area contributed by atoms with Crippen molar-refractivity contribution < 1.29 is 18.0 Å². The van der Waals surface area contributed by atoms with E-state index in [9.17, 15) is 18.0 Å². The van der Waals surface area contributed by atoms with Crippen LogP contribution >= 0.6 is 11.3 Å². The number of hydrogen-bond donors (Lipinski definition) is 2. The van der Waals surface area contributed by atoms with Gasteiger partial charge in [-0.3, -0.25) is 14.5 Å². The molecule has 3 N–H and O–H groups in total. The molecule has 0 unspecified atom stereocenters. The van der Waals surface area contributed by atoms with Gasteiger partial charge in [0.15, 0.2) is 9.84 Å². The Morgan fingerprint density at radius 2 is 2.03 bits per heavy atom. The topological polar surface area (TPSA) is 110 Å². The molecule has 156 valence electrons. The lowest BCUT2D eigenvalue weighted by Crippen LogP contribution is -2.31. The SMILES string of the molecule is CCCN1CCc2c(sc(NC(=O)c3cccc(S(=O)(=O)CC)c3)c2C(N)=O)C1. The molecule has 0 saturated heterocycles. The molecule has 0 atom stereocenters. The van der Waals surface area contributed by atoms with Gasteiger partial charge in [-0.05, 0) is 43.1 Å². The van der Waals surface area contributed by atoms with E-state index in [4.69, 9.17) is 5.73 Å². The summed E-state index contributed by atoms with van der Waals surface area (Å²) in [6.45, 7) is 6.23. The second kappa shape index (κ2) is 8.64. The highest BCUT2D eigenvalue weighted by Gasteiger charge is 2.27. The number of anilines is 1. The van der Waals surface area contributed by atoms with E-state index in [1.807, 2.05) is 0 Å². The molecule has 0 fully saturated rings. The summed E-state index contributed by atoms with van der Waals surface area (Å²) in [5.41, 5.74) is 7.11. The van der Waals surface area contributed by atoms with E-state index >= 15 is 0 Å². The molecular formula is C20H25N3O4S2. The molecule has 3 rings (SSSR count). The van der Waals surface area contributed by atoms with Crippen LogP contribution in [0.2, 0.25) is 0 Å². The second-order valence-electron chi connectivity index (χ2n) is 6.98. The van der Waals surface area contributed by atoms with Crippen molar-refractivity contribution in [1.29, 1.82) is 0 Å². The van der Waals surface area contributed by atoms with Crippen molar-refractivity contribution in [2.24, 2.45) is 5.73 Å². The number of fused-ring (bicyclic) bond motifs is 1. The standard InChI is InChI=1S/C20H25N3O4S2/c1-3-9-23-10-8-15-16(12-23)28-20(17(15)18(21)24)22-19(25)13-6-5-7-14(11-13)29(26,27)4-2/h5-7,11H,3-4,8-10,12H2,1-2H3,(H2,21,24)(H,22,25). The highest BCUT2D eigenvalue weighted by Crippen LogP contribution is 2.37. The van der Waals surface area contributed by atoms with Gasteiger partial charge >= 0.3 is 0 Å². The van der Waals surface area contributed by atoms with Crippen molar-refractivity contribution in [2.45, 2.75) is 38.1 Å². The molecule has 1 aromatic heterocycles. The summed E-state index contributed by atoms with van der Waals surface area (Å²) in [5.74, 6) is -1.08. The largest absolute Gasteiger partial charge is 0.365 e. The van der Waals surface area contributed by atoms with E-state index in [1.54, 1.807) is 13.0 Å². The average Bonchev–Trinajstić information content (AvgIpc) is 3.05.